The van der Waals surface area contributed by atoms with Gasteiger partial charge in [-0.25, -0.2) is 17.8 Å². The molecule has 4 rings (SSSR count). The zero-order chi connectivity index (χ0) is 24.0. The Kier molecular flexibility index (Phi) is 7.91. The minimum absolute atomic E-state index is 0.0250. The third kappa shape index (κ3) is 6.85. The molecule has 0 atom stereocenters. The van der Waals surface area contributed by atoms with Crippen molar-refractivity contribution in [3.8, 4) is 0 Å². The molecule has 1 amide bonds. The van der Waals surface area contributed by atoms with E-state index in [1.54, 1.807) is 5.38 Å². The van der Waals surface area contributed by atoms with Gasteiger partial charge in [-0.2, -0.15) is 0 Å². The van der Waals surface area contributed by atoms with Crippen LogP contribution in [0.5, 0.6) is 0 Å². The van der Waals surface area contributed by atoms with E-state index in [2.05, 4.69) is 32.1 Å². The van der Waals surface area contributed by atoms with Gasteiger partial charge < -0.3 is 5.32 Å². The number of anilines is 1. The number of amides is 1. The van der Waals surface area contributed by atoms with Gasteiger partial charge in [0.1, 0.15) is 5.82 Å². The van der Waals surface area contributed by atoms with Crippen LogP contribution < -0.4 is 10.0 Å². The van der Waals surface area contributed by atoms with Gasteiger partial charge in [0.25, 0.3) is 10.0 Å². The lowest BCUT2D eigenvalue weighted by Crippen LogP contribution is -2.44. The molecule has 10 heteroatoms. The molecule has 34 heavy (non-hydrogen) atoms. The summed E-state index contributed by atoms with van der Waals surface area (Å²) in [6, 6.07) is 15.1. The van der Waals surface area contributed by atoms with Gasteiger partial charge in [0.05, 0.1) is 10.6 Å². The molecule has 2 N–H and O–H groups in total. The van der Waals surface area contributed by atoms with Gasteiger partial charge >= 0.3 is 0 Å². The highest BCUT2D eigenvalue weighted by atomic mass is 32.2. The summed E-state index contributed by atoms with van der Waals surface area (Å²) in [5.74, 6) is -0.533. The standard InChI is InChI=1S/C24H27FN4O3S2/c25-19-6-9-22(10-7-19)34(31,32)28-24-27-21(17-33-24)8-11-23(30)26-20-12-14-29(15-13-20)16-18-4-2-1-3-5-18/h1-7,9-10,17,20H,8,11-16H2,(H,26,30)(H,27,28). The third-order valence-corrected chi connectivity index (χ3v) is 8.00. The number of nitrogens with zero attached hydrogens (tertiary/aromatic N) is 2. The van der Waals surface area contributed by atoms with Crippen molar-refractivity contribution in [2.45, 2.75) is 43.2 Å². The summed E-state index contributed by atoms with van der Waals surface area (Å²) in [5, 5.41) is 5.06. The Morgan fingerprint density at radius 3 is 2.50 bits per heavy atom. The van der Waals surface area contributed by atoms with Crippen LogP contribution in [-0.2, 0) is 27.8 Å². The predicted molar refractivity (Wildman–Crippen MR) is 131 cm³/mol. The number of thiazole rings is 1. The van der Waals surface area contributed by atoms with E-state index in [0.29, 0.717) is 12.1 Å². The molecule has 0 unspecified atom stereocenters. The molecule has 1 aliphatic rings. The van der Waals surface area contributed by atoms with Crippen LogP contribution >= 0.6 is 11.3 Å². The number of carbonyl (C=O) groups is 1. The summed E-state index contributed by atoms with van der Waals surface area (Å²) in [4.78, 5) is 19.1. The van der Waals surface area contributed by atoms with Crippen molar-refractivity contribution in [1.82, 2.24) is 15.2 Å². The van der Waals surface area contributed by atoms with Crippen molar-refractivity contribution in [2.75, 3.05) is 17.8 Å². The van der Waals surface area contributed by atoms with Crippen molar-refractivity contribution in [2.24, 2.45) is 0 Å². The van der Waals surface area contributed by atoms with Crippen LogP contribution in [0.15, 0.2) is 64.9 Å². The van der Waals surface area contributed by atoms with Crippen molar-refractivity contribution < 1.29 is 17.6 Å². The molecule has 180 valence electrons. The number of aromatic nitrogens is 1. The van der Waals surface area contributed by atoms with Crippen LogP contribution in [-0.4, -0.2) is 43.3 Å². The Morgan fingerprint density at radius 1 is 1.09 bits per heavy atom. The number of aryl methyl sites for hydroxylation is 1. The lowest BCUT2D eigenvalue weighted by molar-refractivity contribution is -0.122. The Hall–Kier alpha value is -2.82. The Bertz CT molecular complexity index is 1190. The van der Waals surface area contributed by atoms with Gasteiger partial charge in [-0.05, 0) is 49.1 Å². The summed E-state index contributed by atoms with van der Waals surface area (Å²) >= 11 is 1.15. The maximum atomic E-state index is 13.0. The summed E-state index contributed by atoms with van der Waals surface area (Å²) in [7, 11) is -3.84. The van der Waals surface area contributed by atoms with E-state index < -0.39 is 15.8 Å². The van der Waals surface area contributed by atoms with Gasteiger partial charge in [-0.1, -0.05) is 30.3 Å². The molecule has 1 aliphatic heterocycles. The average molecular weight is 503 g/mol. The van der Waals surface area contributed by atoms with Gasteiger partial charge in [-0.15, -0.1) is 11.3 Å². The van der Waals surface area contributed by atoms with E-state index in [1.165, 1.54) is 17.7 Å². The number of piperidine rings is 1. The monoisotopic (exact) mass is 502 g/mol. The van der Waals surface area contributed by atoms with Crippen molar-refractivity contribution >= 4 is 32.4 Å². The first-order valence-electron chi connectivity index (χ1n) is 11.2. The van der Waals surface area contributed by atoms with Crippen LogP contribution in [0.4, 0.5) is 9.52 Å². The zero-order valence-corrected chi connectivity index (χ0v) is 20.2. The molecular weight excluding hydrogens is 475 g/mol. The molecule has 0 saturated carbocycles. The molecule has 7 nitrogen and oxygen atoms in total. The molecule has 1 aromatic heterocycles. The number of hydrogen-bond donors (Lipinski definition) is 2. The minimum atomic E-state index is -3.84. The number of likely N-dealkylation sites (tertiary alicyclic amines) is 1. The highest BCUT2D eigenvalue weighted by molar-refractivity contribution is 7.93. The molecular formula is C24H27FN4O3S2. The molecule has 2 heterocycles. The second-order valence-electron chi connectivity index (χ2n) is 8.31. The Balaban J connectivity index is 1.19. The van der Waals surface area contributed by atoms with E-state index >= 15 is 0 Å². The van der Waals surface area contributed by atoms with Gasteiger partial charge in [-0.3, -0.25) is 14.4 Å². The maximum Gasteiger partial charge on any atom is 0.263 e. The molecule has 0 aliphatic carbocycles. The second-order valence-corrected chi connectivity index (χ2v) is 10.8. The van der Waals surface area contributed by atoms with Crippen LogP contribution in [0.3, 0.4) is 0 Å². The lowest BCUT2D eigenvalue weighted by Gasteiger charge is -2.32. The van der Waals surface area contributed by atoms with Crippen molar-refractivity contribution in [3.05, 3.63) is 77.1 Å². The molecule has 0 bridgehead atoms. The van der Waals surface area contributed by atoms with Crippen LogP contribution in [0.25, 0.3) is 0 Å². The van der Waals surface area contributed by atoms with Gasteiger partial charge in [0.2, 0.25) is 5.91 Å². The summed E-state index contributed by atoms with van der Waals surface area (Å²) in [6.07, 6.45) is 2.56. The summed E-state index contributed by atoms with van der Waals surface area (Å²) in [5.41, 5.74) is 1.95. The number of nitrogens with one attached hydrogen (secondary N) is 2. The number of carbonyl (C=O) groups excluding carboxylic acids is 1. The fourth-order valence-electron chi connectivity index (χ4n) is 3.87. The average Bonchev–Trinajstić information content (AvgIpc) is 3.26. The smallest absolute Gasteiger partial charge is 0.263 e. The Morgan fingerprint density at radius 2 is 1.79 bits per heavy atom. The van der Waals surface area contributed by atoms with Crippen LogP contribution in [0.1, 0.15) is 30.5 Å². The van der Waals surface area contributed by atoms with Gasteiger partial charge in [0.15, 0.2) is 5.13 Å². The first-order chi connectivity index (χ1) is 16.4. The first-order valence-corrected chi connectivity index (χ1v) is 13.5. The highest BCUT2D eigenvalue weighted by Gasteiger charge is 2.21. The number of benzene rings is 2. The Labute approximate surface area is 203 Å². The topological polar surface area (TPSA) is 91.4 Å². The van der Waals surface area contributed by atoms with Gasteiger partial charge in [0, 0.05) is 37.5 Å². The fourth-order valence-corrected chi connectivity index (χ4v) is 5.87. The molecule has 0 spiro atoms. The number of hydrogen-bond acceptors (Lipinski definition) is 6. The van der Waals surface area contributed by atoms with E-state index in [9.17, 15) is 17.6 Å². The second kappa shape index (κ2) is 11.1. The lowest BCUT2D eigenvalue weighted by atomic mass is 10.0. The molecule has 1 saturated heterocycles. The van der Waals surface area contributed by atoms with Crippen molar-refractivity contribution in [3.63, 3.8) is 0 Å². The van der Waals surface area contributed by atoms with E-state index in [4.69, 9.17) is 0 Å². The maximum absolute atomic E-state index is 13.0. The normalized spacial score (nSPS) is 15.2. The quantitative estimate of drug-likeness (QED) is 0.465. The molecule has 1 fully saturated rings. The third-order valence-electron chi connectivity index (χ3n) is 5.71. The highest BCUT2D eigenvalue weighted by Crippen LogP contribution is 2.21. The van der Waals surface area contributed by atoms with Crippen LogP contribution in [0.2, 0.25) is 0 Å². The number of halogens is 1. The summed E-state index contributed by atoms with van der Waals surface area (Å²) < 4.78 is 40.2. The molecule has 2 aromatic carbocycles. The minimum Gasteiger partial charge on any atom is -0.353 e. The fraction of sp³-hybridized carbons (Fsp3) is 0.333. The SMILES string of the molecule is O=C(CCc1csc(NS(=O)(=O)c2ccc(F)cc2)n1)NC1CCN(Cc2ccccc2)CC1. The first kappa shape index (κ1) is 24.3. The van der Waals surface area contributed by atoms with E-state index in [1.807, 2.05) is 18.2 Å². The number of rotatable bonds is 9. The van der Waals surface area contributed by atoms with Crippen LogP contribution in [0, 0.1) is 5.82 Å². The zero-order valence-electron chi connectivity index (χ0n) is 18.6. The summed E-state index contributed by atoms with van der Waals surface area (Å²) in [6.45, 7) is 2.82. The molecule has 3 aromatic rings. The van der Waals surface area contributed by atoms with Crippen molar-refractivity contribution in [1.29, 1.82) is 0 Å². The largest absolute Gasteiger partial charge is 0.353 e. The molecule has 0 radical (unpaired) electrons. The predicted octanol–water partition coefficient (Wildman–Crippen LogP) is 3.80. The van der Waals surface area contributed by atoms with E-state index in [0.717, 1.165) is 55.9 Å². The number of sulfonamides is 1. The van der Waals surface area contributed by atoms with E-state index in [-0.39, 0.29) is 28.4 Å².